The van der Waals surface area contributed by atoms with Crippen LogP contribution in [0.25, 0.3) is 32.7 Å². The van der Waals surface area contributed by atoms with Crippen LogP contribution in [0.4, 0.5) is 13.2 Å². The molecule has 3 fully saturated rings. The largest absolute Gasteiger partial charge is 0.457 e. The minimum Gasteiger partial charge on any atom is -0.457 e. The van der Waals surface area contributed by atoms with Crippen molar-refractivity contribution in [1.29, 1.82) is 0 Å². The van der Waals surface area contributed by atoms with E-state index in [1.165, 1.54) is 96.0 Å². The van der Waals surface area contributed by atoms with Gasteiger partial charge in [0.05, 0.1) is 38.5 Å². The number of aromatic nitrogens is 3. The number of hydrogen-bond donors (Lipinski definition) is 1. The van der Waals surface area contributed by atoms with Gasteiger partial charge in [-0.2, -0.15) is 0 Å². The Bertz CT molecular complexity index is 5870. The van der Waals surface area contributed by atoms with Gasteiger partial charge in [-0.3, -0.25) is 48.5 Å². The summed E-state index contributed by atoms with van der Waals surface area (Å²) in [5.74, 6) is 2.31. The van der Waals surface area contributed by atoms with E-state index in [0.717, 1.165) is 70.8 Å². The quantitative estimate of drug-likeness (QED) is 0.0125. The van der Waals surface area contributed by atoms with Crippen molar-refractivity contribution in [3.05, 3.63) is 314 Å². The van der Waals surface area contributed by atoms with Crippen LogP contribution in [-0.2, 0) is 72.1 Å². The summed E-state index contributed by atoms with van der Waals surface area (Å²) in [4.78, 5) is 107. The van der Waals surface area contributed by atoms with Crippen LogP contribution in [0.1, 0.15) is 168 Å². The van der Waals surface area contributed by atoms with E-state index in [9.17, 15) is 46.7 Å². The number of pyridine rings is 3. The molecule has 3 heterocycles. The second-order valence-corrected chi connectivity index (χ2v) is 47.7. The number of nitrogens with zero attached hydrogens (tertiary/aromatic N) is 4. The molecular weight excluding hydrogens is 1800 g/mol. The fraction of sp³-hybridized carbons (Fsp3) is 0.305. The summed E-state index contributed by atoms with van der Waals surface area (Å²) in [5, 5.41) is 6.52. The smallest absolute Gasteiger partial charge is 0.159 e. The first-order chi connectivity index (χ1) is 60.8. The molecule has 0 amide bonds. The van der Waals surface area contributed by atoms with Crippen LogP contribution in [0.2, 0.25) is 13.3 Å². The maximum atomic E-state index is 13.2. The van der Waals surface area contributed by atoms with Gasteiger partial charge in [0.1, 0.15) is 59.1 Å². The van der Waals surface area contributed by atoms with Crippen molar-refractivity contribution in [2.45, 2.75) is 170 Å². The van der Waals surface area contributed by atoms with Crippen molar-refractivity contribution < 1.29 is 65.8 Å². The van der Waals surface area contributed by atoms with E-state index in [4.69, 9.17) is 19.0 Å². The number of allylic oxidation sites excluding steroid dienone is 1. The molecule has 0 aliphatic heterocycles. The molecule has 0 bridgehead atoms. The molecule has 3 saturated carbocycles. The minimum absolute atomic E-state index is 0. The van der Waals surface area contributed by atoms with Gasteiger partial charge in [-0.1, -0.05) is 106 Å². The Balaban J connectivity index is 0.000000181. The molecule has 660 valence electrons. The molecule has 3 aromatic heterocycles. The Labute approximate surface area is 760 Å². The number of rotatable bonds is 37. The fourth-order valence-electron chi connectivity index (χ4n) is 15.7. The number of carbonyl (C=O) groups is 7. The molecule has 9 aromatic carbocycles. The predicted octanol–water partition coefficient (Wildman–Crippen LogP) is 24.9. The van der Waals surface area contributed by atoms with Gasteiger partial charge in [0.15, 0.2) is 40.5 Å². The molecule has 3 aliphatic carbocycles. The number of ether oxygens (including phenoxy) is 3. The Morgan fingerprint density at radius 3 is 0.937 bits per heavy atom. The molecule has 0 atom stereocenters. The molecule has 2 N–H and O–H groups in total. The third-order valence-corrected chi connectivity index (χ3v) is 40.8. The van der Waals surface area contributed by atoms with Crippen LogP contribution in [0.3, 0.4) is 0 Å². The van der Waals surface area contributed by atoms with Crippen LogP contribution in [0.15, 0.2) is 257 Å². The van der Waals surface area contributed by atoms with Crippen molar-refractivity contribution in [2.75, 3.05) is 14.2 Å². The third-order valence-electron chi connectivity index (χ3n) is 23.9. The first kappa shape index (κ1) is 98.0. The predicted molar refractivity (Wildman–Crippen MR) is 505 cm³/mol. The first-order valence-corrected chi connectivity index (χ1v) is 51.4. The van der Waals surface area contributed by atoms with Gasteiger partial charge in [0.25, 0.3) is 0 Å². The molecule has 0 spiro atoms. The zero-order valence-corrected chi connectivity index (χ0v) is 78.6. The Morgan fingerprint density at radius 1 is 0.402 bits per heavy atom. The zero-order valence-electron chi connectivity index (χ0n) is 73.4. The molecule has 0 radical (unpaired) electrons. The number of benzene rings is 9. The zero-order chi connectivity index (χ0) is 90.1. The second kappa shape index (κ2) is 46.0. The van der Waals surface area contributed by atoms with Gasteiger partial charge in [-0.05, 0) is 226 Å². The summed E-state index contributed by atoms with van der Waals surface area (Å²) in [7, 11) is 3.01. The topological polar surface area (TPSA) is 233 Å². The summed E-state index contributed by atoms with van der Waals surface area (Å²) < 4.78 is 65.0. The number of nitrogens with two attached hydrogens (primary N) is 1. The molecule has 127 heavy (non-hydrogen) atoms. The Morgan fingerprint density at radius 2 is 0.669 bits per heavy atom. The van der Waals surface area contributed by atoms with Crippen LogP contribution in [0, 0.1) is 33.7 Å². The average Bonchev–Trinajstić information content (AvgIpc) is 1.62. The van der Waals surface area contributed by atoms with E-state index < -0.39 is 34.6 Å². The van der Waals surface area contributed by atoms with Crippen molar-refractivity contribution in [3.63, 3.8) is 0 Å². The molecule has 3 aliphatic rings. The van der Waals surface area contributed by atoms with Gasteiger partial charge in [-0.25, -0.2) is 13.2 Å². The molecule has 16 nitrogen and oxygen atoms in total. The number of ketones is 7. The van der Waals surface area contributed by atoms with Crippen LogP contribution >= 0.6 is 28.3 Å². The second-order valence-electron chi connectivity index (χ2n) is 32.8. The van der Waals surface area contributed by atoms with Gasteiger partial charge in [0.2, 0.25) is 0 Å². The molecule has 15 rings (SSSR count). The van der Waals surface area contributed by atoms with Crippen LogP contribution < -0.4 is 19.9 Å². The number of halogens is 5. The van der Waals surface area contributed by atoms with Crippen molar-refractivity contribution in [1.82, 2.24) is 15.0 Å². The van der Waals surface area contributed by atoms with E-state index in [1.54, 1.807) is 108 Å². The summed E-state index contributed by atoms with van der Waals surface area (Å²) in [6.07, 6.45) is 17.9. The van der Waals surface area contributed by atoms with E-state index in [-0.39, 0.29) is 109 Å². The maximum Gasteiger partial charge on any atom is 0.159 e. The first-order valence-electron chi connectivity index (χ1n) is 43.2. The van der Waals surface area contributed by atoms with Gasteiger partial charge >= 0.3 is 108 Å². The van der Waals surface area contributed by atoms with Gasteiger partial charge < -0.3 is 24.8 Å². The minimum atomic E-state index is -1.94. The monoisotopic (exact) mass is 1910 g/mol. The molecule has 0 saturated heterocycles. The number of carbonyl (C=O) groups excluding carboxylic acids is 7. The van der Waals surface area contributed by atoms with Gasteiger partial charge in [0, 0.05) is 88.9 Å². The molecule has 0 unspecified atom stereocenters. The number of unbranched alkanes of at least 4 members (excludes halogenated alkanes) is 3. The van der Waals surface area contributed by atoms with Crippen molar-refractivity contribution in [2.24, 2.45) is 27.1 Å². The Hall–Kier alpha value is -11.2. The van der Waals surface area contributed by atoms with Crippen molar-refractivity contribution >= 4 is 126 Å². The standard InChI is InChI=1S/C31H27FN2O4.C30H24FNO4.C28H21BrFNO3.3C4H9.C3H5.CH5N.ClH.Sn/c1-20(34-37-2)23-7-12-26-27(19-23)33-16-13-28(26)38-25-10-5-22(6-11-25)18-30(36)31(14-15-31)29(35)17-21-3-8-24(32)9-4-21;1-19(33)22-6-11-25-26(18-22)32-15-12-27(25)36-24-9-4-21(5-10-24)17-29(35)30(13-14-30)28(34)16-20-2-7-23(31)8-3-20;29-20-5-10-23-24(17-20)31-14-11-25(23)34-22-8-3-19(4-9-22)16-27(33)28(12-13-28)26(32)15-18-1-6-21(30)7-2-18;3*1-3-4-2;1-3-2;1-2;;/h3-13,16,19H,14-15,17-18H2,1-2H3;2-12,15,18H,13-14,16-17H2,1H3;1-11,14,17H,12-13,15-16H2;3*1,3-4H2,2H3;1H2,2H3;2H2,1H3;1H;/b34-20+;;;;;;;;;. The van der Waals surface area contributed by atoms with E-state index >= 15 is 0 Å². The van der Waals surface area contributed by atoms with Gasteiger partial charge in [-0.15, -0.1) is 12.4 Å². The summed E-state index contributed by atoms with van der Waals surface area (Å²) in [6, 6.07) is 61.8. The average molecular weight is 1910 g/mol. The normalized spacial score (nSPS) is 13.5. The summed E-state index contributed by atoms with van der Waals surface area (Å²) >= 11 is 1.51. The molecule has 12 aromatic rings. The van der Waals surface area contributed by atoms with Crippen LogP contribution in [-0.4, -0.2) is 93.7 Å². The van der Waals surface area contributed by atoms with E-state index in [2.05, 4.69) is 76.0 Å². The van der Waals surface area contributed by atoms with Crippen LogP contribution in [0.5, 0.6) is 34.5 Å². The number of Topliss-reactive ketones (excluding diaryl/α,β-unsaturated/α-hetero) is 7. The van der Waals surface area contributed by atoms with E-state index in [1.807, 2.05) is 116 Å². The Kier molecular flexibility index (Phi) is 35.5. The maximum absolute atomic E-state index is 13.2. The van der Waals surface area contributed by atoms with Crippen molar-refractivity contribution in [3.8, 4) is 34.5 Å². The summed E-state index contributed by atoms with van der Waals surface area (Å²) in [6.45, 7) is 17.1. The summed E-state index contributed by atoms with van der Waals surface area (Å²) in [5.41, 5.74) is 10.9. The SMILES string of the molecule is C=[C](C)[Sn]([CH2]CCC)([CH2]CCC)[CH2]CCC.CC(=O)c1ccc2c(Oc3ccc(CC(=O)C4(C(=O)Cc5ccc(F)cc5)CC4)cc3)ccnc2c1.CN.CO/N=C(\C)c1ccc2c(Oc3ccc(CC(=O)C4(C(=O)Cc5ccc(F)cc5)CC4)cc3)ccnc2c1.Cl.O=C(Cc1ccc(F)cc1)C1(C(=O)Cc2ccc(Oc3ccnc4cc(Br)ccc34)cc2)CC1. The third kappa shape index (κ3) is 26.1. The fourth-order valence-corrected chi connectivity index (χ4v) is 30.6. The van der Waals surface area contributed by atoms with E-state index in [0.29, 0.717) is 89.7 Å². The number of oxime groups is 1. The molecular formula is C105H110BrClF3N5O11Sn. The molecule has 22 heteroatoms. The number of fused-ring (bicyclic) bond motifs is 3. The number of hydrogen-bond acceptors (Lipinski definition) is 16.